The third-order valence-electron chi connectivity index (χ3n) is 2.70. The molecule has 2 aromatic carbocycles. The number of halogens is 3. The quantitative estimate of drug-likeness (QED) is 0.744. The minimum absolute atomic E-state index is 0.0211. The second-order valence-corrected chi connectivity index (χ2v) is 5.51. The first-order chi connectivity index (χ1) is 9.04. The van der Waals surface area contributed by atoms with Gasteiger partial charge >= 0.3 is 0 Å². The van der Waals surface area contributed by atoms with E-state index in [1.54, 1.807) is 0 Å². The maximum Gasteiger partial charge on any atom is 0.159 e. The fraction of sp³-hybridized carbons (Fsp3) is 0.133. The second-order valence-electron chi connectivity index (χ2n) is 4.27. The SMILES string of the molecule is O=C(Cc1ccc(I)cc1)Cc1ccc(F)c(F)c1. The summed E-state index contributed by atoms with van der Waals surface area (Å²) in [6, 6.07) is 11.2. The number of hydrogen-bond donors (Lipinski definition) is 0. The van der Waals surface area contributed by atoms with Crippen LogP contribution in [0.2, 0.25) is 0 Å². The lowest BCUT2D eigenvalue weighted by Crippen LogP contribution is -2.07. The first-order valence-corrected chi connectivity index (χ1v) is 6.82. The van der Waals surface area contributed by atoms with E-state index in [0.717, 1.165) is 21.3 Å². The molecule has 0 radical (unpaired) electrons. The first kappa shape index (κ1) is 14.1. The molecule has 0 fully saturated rings. The number of rotatable bonds is 4. The van der Waals surface area contributed by atoms with Crippen LogP contribution < -0.4 is 0 Å². The molecule has 0 N–H and O–H groups in total. The molecule has 0 aliphatic carbocycles. The van der Waals surface area contributed by atoms with Crippen molar-refractivity contribution in [1.29, 1.82) is 0 Å². The van der Waals surface area contributed by atoms with Gasteiger partial charge in [0, 0.05) is 16.4 Å². The zero-order valence-electron chi connectivity index (χ0n) is 10.00. The van der Waals surface area contributed by atoms with E-state index >= 15 is 0 Å². The Hall–Kier alpha value is -1.30. The summed E-state index contributed by atoms with van der Waals surface area (Å²) < 4.78 is 26.9. The molecule has 0 bridgehead atoms. The van der Waals surface area contributed by atoms with Gasteiger partial charge in [-0.3, -0.25) is 4.79 Å². The van der Waals surface area contributed by atoms with E-state index < -0.39 is 11.6 Å². The topological polar surface area (TPSA) is 17.1 Å². The van der Waals surface area contributed by atoms with Gasteiger partial charge in [0.05, 0.1) is 0 Å². The van der Waals surface area contributed by atoms with Crippen molar-refractivity contribution in [3.8, 4) is 0 Å². The first-order valence-electron chi connectivity index (χ1n) is 5.74. The lowest BCUT2D eigenvalue weighted by molar-refractivity contribution is -0.117. The van der Waals surface area contributed by atoms with E-state index in [0.29, 0.717) is 12.0 Å². The van der Waals surface area contributed by atoms with Gasteiger partial charge in [-0.05, 0) is 58.0 Å². The van der Waals surface area contributed by atoms with Gasteiger partial charge in [-0.15, -0.1) is 0 Å². The van der Waals surface area contributed by atoms with E-state index in [4.69, 9.17) is 0 Å². The van der Waals surface area contributed by atoms with Gasteiger partial charge in [-0.25, -0.2) is 8.78 Å². The molecule has 0 amide bonds. The predicted molar refractivity (Wildman–Crippen MR) is 77.9 cm³/mol. The molecule has 19 heavy (non-hydrogen) atoms. The summed E-state index contributed by atoms with van der Waals surface area (Å²) in [5.41, 5.74) is 1.42. The zero-order chi connectivity index (χ0) is 13.8. The Morgan fingerprint density at radius 3 is 2.11 bits per heavy atom. The maximum absolute atomic E-state index is 13.0. The molecular formula is C15H11F2IO. The van der Waals surface area contributed by atoms with Crippen molar-refractivity contribution >= 4 is 28.4 Å². The molecule has 4 heteroatoms. The van der Waals surface area contributed by atoms with E-state index in [2.05, 4.69) is 22.6 Å². The van der Waals surface area contributed by atoms with Crippen LogP contribution in [0.3, 0.4) is 0 Å². The number of benzene rings is 2. The molecule has 0 aromatic heterocycles. The molecular weight excluding hydrogens is 361 g/mol. The van der Waals surface area contributed by atoms with Crippen LogP contribution in [0, 0.1) is 15.2 Å². The van der Waals surface area contributed by atoms with Crippen LogP contribution in [0.5, 0.6) is 0 Å². The molecule has 2 aromatic rings. The van der Waals surface area contributed by atoms with E-state index in [9.17, 15) is 13.6 Å². The fourth-order valence-corrected chi connectivity index (χ4v) is 2.13. The van der Waals surface area contributed by atoms with Crippen LogP contribution >= 0.6 is 22.6 Å². The summed E-state index contributed by atoms with van der Waals surface area (Å²) in [7, 11) is 0. The molecule has 2 rings (SSSR count). The Morgan fingerprint density at radius 2 is 1.47 bits per heavy atom. The average molecular weight is 372 g/mol. The van der Waals surface area contributed by atoms with Crippen molar-refractivity contribution in [3.63, 3.8) is 0 Å². The van der Waals surface area contributed by atoms with E-state index in [-0.39, 0.29) is 12.2 Å². The van der Waals surface area contributed by atoms with Crippen molar-refractivity contribution in [2.24, 2.45) is 0 Å². The van der Waals surface area contributed by atoms with Gasteiger partial charge in [0.25, 0.3) is 0 Å². The summed E-state index contributed by atoms with van der Waals surface area (Å²) in [6.07, 6.45) is 0.416. The molecule has 0 atom stereocenters. The monoisotopic (exact) mass is 372 g/mol. The lowest BCUT2D eigenvalue weighted by Gasteiger charge is -2.03. The standard InChI is InChI=1S/C15H11F2IO/c16-14-6-3-11(9-15(14)17)8-13(19)7-10-1-4-12(18)5-2-10/h1-6,9H,7-8H2. The van der Waals surface area contributed by atoms with Gasteiger partial charge in [-0.2, -0.15) is 0 Å². The van der Waals surface area contributed by atoms with Crippen molar-refractivity contribution in [2.75, 3.05) is 0 Å². The zero-order valence-corrected chi connectivity index (χ0v) is 12.2. The summed E-state index contributed by atoms with van der Waals surface area (Å²) in [5, 5.41) is 0. The molecule has 0 heterocycles. The Morgan fingerprint density at radius 1 is 0.895 bits per heavy atom. The van der Waals surface area contributed by atoms with Crippen LogP contribution in [0.4, 0.5) is 8.78 Å². The van der Waals surface area contributed by atoms with Crippen LogP contribution in [0.25, 0.3) is 0 Å². The Kier molecular flexibility index (Phi) is 4.63. The van der Waals surface area contributed by atoms with Crippen molar-refractivity contribution < 1.29 is 13.6 Å². The summed E-state index contributed by atoms with van der Waals surface area (Å²) >= 11 is 2.19. The molecule has 0 aliphatic heterocycles. The molecule has 0 aliphatic rings. The predicted octanol–water partition coefficient (Wildman–Crippen LogP) is 3.92. The van der Waals surface area contributed by atoms with Gasteiger partial charge in [0.1, 0.15) is 5.78 Å². The average Bonchev–Trinajstić information content (AvgIpc) is 2.37. The van der Waals surface area contributed by atoms with Crippen molar-refractivity contribution in [1.82, 2.24) is 0 Å². The van der Waals surface area contributed by atoms with Gasteiger partial charge in [0.15, 0.2) is 11.6 Å². The summed E-state index contributed by atoms with van der Waals surface area (Å²) in [6.45, 7) is 0. The second kappa shape index (κ2) is 6.23. The highest BCUT2D eigenvalue weighted by Crippen LogP contribution is 2.12. The van der Waals surface area contributed by atoms with Crippen LogP contribution in [-0.2, 0) is 17.6 Å². The molecule has 0 unspecified atom stereocenters. The van der Waals surface area contributed by atoms with Gasteiger partial charge < -0.3 is 0 Å². The Balaban J connectivity index is 2.01. The van der Waals surface area contributed by atoms with Crippen LogP contribution in [0.1, 0.15) is 11.1 Å². The van der Waals surface area contributed by atoms with Gasteiger partial charge in [0.2, 0.25) is 0 Å². The number of hydrogen-bond acceptors (Lipinski definition) is 1. The number of carbonyl (C=O) groups is 1. The van der Waals surface area contributed by atoms with Crippen LogP contribution in [-0.4, -0.2) is 5.78 Å². The summed E-state index contributed by atoms with van der Waals surface area (Å²) in [4.78, 5) is 11.8. The number of ketones is 1. The fourth-order valence-electron chi connectivity index (χ4n) is 1.77. The number of Topliss-reactive ketones (excluding diaryl/α,β-unsaturated/α-hetero) is 1. The van der Waals surface area contributed by atoms with Crippen molar-refractivity contribution in [2.45, 2.75) is 12.8 Å². The molecule has 0 saturated carbocycles. The molecule has 1 nitrogen and oxygen atoms in total. The minimum atomic E-state index is -0.917. The highest BCUT2D eigenvalue weighted by molar-refractivity contribution is 14.1. The molecule has 98 valence electrons. The third kappa shape index (κ3) is 4.09. The smallest absolute Gasteiger partial charge is 0.159 e. The minimum Gasteiger partial charge on any atom is -0.299 e. The van der Waals surface area contributed by atoms with Gasteiger partial charge in [-0.1, -0.05) is 18.2 Å². The van der Waals surface area contributed by atoms with E-state index in [1.807, 2.05) is 24.3 Å². The molecule has 0 saturated heterocycles. The maximum atomic E-state index is 13.0. The van der Waals surface area contributed by atoms with Crippen LogP contribution in [0.15, 0.2) is 42.5 Å². The number of carbonyl (C=O) groups excluding carboxylic acids is 1. The lowest BCUT2D eigenvalue weighted by atomic mass is 10.0. The highest BCUT2D eigenvalue weighted by atomic mass is 127. The highest BCUT2D eigenvalue weighted by Gasteiger charge is 2.08. The Labute approximate surface area is 123 Å². The largest absolute Gasteiger partial charge is 0.299 e. The third-order valence-corrected chi connectivity index (χ3v) is 3.42. The van der Waals surface area contributed by atoms with Crippen molar-refractivity contribution in [3.05, 3.63) is 68.8 Å². The summed E-state index contributed by atoms with van der Waals surface area (Å²) in [5.74, 6) is -1.83. The molecule has 0 spiro atoms. The van der Waals surface area contributed by atoms with E-state index in [1.165, 1.54) is 6.07 Å². The normalized spacial score (nSPS) is 10.5. The Bertz CT molecular complexity index is 594.